The van der Waals surface area contributed by atoms with Crippen molar-refractivity contribution >= 4 is 11.6 Å². The molecule has 1 aromatic carbocycles. The first-order valence-electron chi connectivity index (χ1n) is 6.83. The average Bonchev–Trinajstić information content (AvgIpc) is 2.45. The van der Waals surface area contributed by atoms with Crippen molar-refractivity contribution in [1.82, 2.24) is 4.90 Å². The largest absolute Gasteiger partial charge is 0.395 e. The van der Waals surface area contributed by atoms with E-state index in [1.165, 1.54) is 0 Å². The van der Waals surface area contributed by atoms with E-state index >= 15 is 0 Å². The van der Waals surface area contributed by atoms with Crippen LogP contribution in [-0.2, 0) is 4.79 Å². The molecule has 0 spiro atoms. The van der Waals surface area contributed by atoms with Crippen LogP contribution in [0.25, 0.3) is 0 Å². The predicted molar refractivity (Wildman–Crippen MR) is 78.2 cm³/mol. The Morgan fingerprint density at radius 2 is 2.15 bits per heavy atom. The Labute approximate surface area is 119 Å². The highest BCUT2D eigenvalue weighted by molar-refractivity contribution is 5.93. The van der Waals surface area contributed by atoms with Gasteiger partial charge in [-0.1, -0.05) is 25.5 Å². The van der Waals surface area contributed by atoms with Gasteiger partial charge in [0.05, 0.1) is 24.4 Å². The highest BCUT2D eigenvalue weighted by Crippen LogP contribution is 2.13. The number of aliphatic hydroxyl groups is 1. The molecule has 0 saturated heterocycles. The zero-order valence-electron chi connectivity index (χ0n) is 11.8. The monoisotopic (exact) mass is 275 g/mol. The van der Waals surface area contributed by atoms with Crippen LogP contribution in [-0.4, -0.2) is 42.2 Å². The molecule has 0 fully saturated rings. The van der Waals surface area contributed by atoms with Crippen molar-refractivity contribution < 1.29 is 9.90 Å². The molecule has 0 radical (unpaired) electrons. The second kappa shape index (κ2) is 9.08. The van der Waals surface area contributed by atoms with Crippen LogP contribution in [0, 0.1) is 11.3 Å². The minimum atomic E-state index is -0.169. The lowest BCUT2D eigenvalue weighted by molar-refractivity contribution is -0.117. The molecule has 5 heteroatoms. The quantitative estimate of drug-likeness (QED) is 0.755. The van der Waals surface area contributed by atoms with Gasteiger partial charge < -0.3 is 10.4 Å². The van der Waals surface area contributed by atoms with Gasteiger partial charge in [-0.3, -0.25) is 9.69 Å². The van der Waals surface area contributed by atoms with Crippen molar-refractivity contribution in [2.45, 2.75) is 19.8 Å². The van der Waals surface area contributed by atoms with E-state index in [0.29, 0.717) is 17.8 Å². The van der Waals surface area contributed by atoms with E-state index in [-0.39, 0.29) is 19.1 Å². The smallest absolute Gasteiger partial charge is 0.238 e. The molecule has 0 aliphatic carbocycles. The van der Waals surface area contributed by atoms with Crippen LogP contribution in [0.1, 0.15) is 25.3 Å². The van der Waals surface area contributed by atoms with Gasteiger partial charge in [0, 0.05) is 6.54 Å². The number of hydrogen-bond acceptors (Lipinski definition) is 4. The number of anilines is 1. The SMILES string of the molecule is CCCCN(CCO)CC(=O)Nc1ccccc1C#N. The van der Waals surface area contributed by atoms with Crippen LogP contribution in [0.4, 0.5) is 5.69 Å². The minimum absolute atomic E-state index is 0.0335. The summed E-state index contributed by atoms with van der Waals surface area (Å²) in [5, 5.41) is 20.7. The van der Waals surface area contributed by atoms with Gasteiger partial charge >= 0.3 is 0 Å². The summed E-state index contributed by atoms with van der Waals surface area (Å²) in [7, 11) is 0. The van der Waals surface area contributed by atoms with Gasteiger partial charge in [0.1, 0.15) is 6.07 Å². The van der Waals surface area contributed by atoms with Crippen molar-refractivity contribution in [3.8, 4) is 6.07 Å². The second-order valence-corrected chi connectivity index (χ2v) is 4.56. The molecule has 0 saturated carbocycles. The normalized spacial score (nSPS) is 10.3. The molecule has 1 rings (SSSR count). The number of carbonyl (C=O) groups excluding carboxylic acids is 1. The first-order valence-corrected chi connectivity index (χ1v) is 6.83. The van der Waals surface area contributed by atoms with Gasteiger partial charge in [-0.2, -0.15) is 5.26 Å². The fraction of sp³-hybridized carbons (Fsp3) is 0.467. The van der Waals surface area contributed by atoms with Crippen LogP contribution in [0.15, 0.2) is 24.3 Å². The van der Waals surface area contributed by atoms with Crippen LogP contribution in [0.2, 0.25) is 0 Å². The summed E-state index contributed by atoms with van der Waals surface area (Å²) in [6, 6.07) is 8.95. The Morgan fingerprint density at radius 3 is 2.80 bits per heavy atom. The number of rotatable bonds is 8. The number of hydrogen-bond donors (Lipinski definition) is 2. The number of nitrogens with zero attached hydrogens (tertiary/aromatic N) is 2. The van der Waals surface area contributed by atoms with E-state index in [9.17, 15) is 4.79 Å². The van der Waals surface area contributed by atoms with Crippen molar-refractivity contribution in [3.05, 3.63) is 29.8 Å². The van der Waals surface area contributed by atoms with E-state index in [1.54, 1.807) is 24.3 Å². The molecule has 0 atom stereocenters. The van der Waals surface area contributed by atoms with E-state index in [1.807, 2.05) is 11.0 Å². The molecule has 20 heavy (non-hydrogen) atoms. The van der Waals surface area contributed by atoms with Crippen molar-refractivity contribution in [3.63, 3.8) is 0 Å². The van der Waals surface area contributed by atoms with Crippen LogP contribution >= 0.6 is 0 Å². The topological polar surface area (TPSA) is 76.4 Å². The highest BCUT2D eigenvalue weighted by Gasteiger charge is 2.11. The van der Waals surface area contributed by atoms with E-state index in [2.05, 4.69) is 12.2 Å². The maximum atomic E-state index is 12.0. The molecule has 0 aromatic heterocycles. The molecule has 5 nitrogen and oxygen atoms in total. The second-order valence-electron chi connectivity index (χ2n) is 4.56. The van der Waals surface area contributed by atoms with Gasteiger partial charge in [-0.25, -0.2) is 0 Å². The third-order valence-corrected chi connectivity index (χ3v) is 2.93. The van der Waals surface area contributed by atoms with Crippen molar-refractivity contribution in [2.24, 2.45) is 0 Å². The molecule has 1 aromatic rings. The van der Waals surface area contributed by atoms with Crippen molar-refractivity contribution in [2.75, 3.05) is 31.6 Å². The Kier molecular flexibility index (Phi) is 7.33. The molecule has 108 valence electrons. The molecule has 1 amide bonds. The summed E-state index contributed by atoms with van der Waals surface area (Å²) in [6.45, 7) is 3.60. The third-order valence-electron chi connectivity index (χ3n) is 2.93. The Balaban J connectivity index is 2.58. The van der Waals surface area contributed by atoms with Gasteiger partial charge in [0.15, 0.2) is 0 Å². The Morgan fingerprint density at radius 1 is 1.40 bits per heavy atom. The zero-order valence-corrected chi connectivity index (χ0v) is 11.8. The molecule has 0 unspecified atom stereocenters. The molecular weight excluding hydrogens is 254 g/mol. The number of benzene rings is 1. The highest BCUT2D eigenvalue weighted by atomic mass is 16.3. The van der Waals surface area contributed by atoms with E-state index in [4.69, 9.17) is 10.4 Å². The standard InChI is InChI=1S/C15H21N3O2/c1-2-3-8-18(9-10-19)12-15(20)17-14-7-5-4-6-13(14)11-16/h4-7,19H,2-3,8-10,12H2,1H3,(H,17,20). The van der Waals surface area contributed by atoms with E-state index < -0.39 is 0 Å². The van der Waals surface area contributed by atoms with Crippen molar-refractivity contribution in [1.29, 1.82) is 5.26 Å². The number of amides is 1. The molecular formula is C15H21N3O2. The van der Waals surface area contributed by atoms with Gasteiger partial charge in [0.25, 0.3) is 0 Å². The first kappa shape index (κ1) is 16.2. The summed E-state index contributed by atoms with van der Waals surface area (Å²) >= 11 is 0. The van der Waals surface area contributed by atoms with Crippen LogP contribution < -0.4 is 5.32 Å². The lowest BCUT2D eigenvalue weighted by Gasteiger charge is -2.20. The van der Waals surface area contributed by atoms with Crippen LogP contribution in [0.3, 0.4) is 0 Å². The fourth-order valence-corrected chi connectivity index (χ4v) is 1.88. The minimum Gasteiger partial charge on any atom is -0.395 e. The summed E-state index contributed by atoms with van der Waals surface area (Å²) < 4.78 is 0. The maximum Gasteiger partial charge on any atom is 0.238 e. The number of nitrogens with one attached hydrogen (secondary N) is 1. The third kappa shape index (κ3) is 5.39. The Hall–Kier alpha value is -1.90. The molecule has 0 bridgehead atoms. The zero-order chi connectivity index (χ0) is 14.8. The lowest BCUT2D eigenvalue weighted by Crippen LogP contribution is -2.36. The number of nitriles is 1. The lowest BCUT2D eigenvalue weighted by atomic mass is 10.2. The number of unbranched alkanes of at least 4 members (excludes halogenated alkanes) is 1. The maximum absolute atomic E-state index is 12.0. The number of carbonyl (C=O) groups is 1. The summed E-state index contributed by atoms with van der Waals surface area (Å²) in [5.74, 6) is -0.169. The van der Waals surface area contributed by atoms with Gasteiger partial charge in [-0.05, 0) is 25.1 Å². The van der Waals surface area contributed by atoms with Gasteiger partial charge in [0.2, 0.25) is 5.91 Å². The average molecular weight is 275 g/mol. The summed E-state index contributed by atoms with van der Waals surface area (Å²) in [5.41, 5.74) is 0.975. The van der Waals surface area contributed by atoms with Crippen LogP contribution in [0.5, 0.6) is 0 Å². The number of para-hydroxylation sites is 1. The molecule has 0 aliphatic heterocycles. The molecule has 0 heterocycles. The first-order chi connectivity index (χ1) is 9.71. The predicted octanol–water partition coefficient (Wildman–Crippen LogP) is 1.59. The van der Waals surface area contributed by atoms with E-state index in [0.717, 1.165) is 19.4 Å². The fourth-order valence-electron chi connectivity index (χ4n) is 1.88. The summed E-state index contributed by atoms with van der Waals surface area (Å²) in [6.07, 6.45) is 2.03. The molecule has 0 aliphatic rings. The molecule has 2 N–H and O–H groups in total. The number of aliphatic hydroxyl groups excluding tert-OH is 1. The van der Waals surface area contributed by atoms with Gasteiger partial charge in [-0.15, -0.1) is 0 Å². The summed E-state index contributed by atoms with van der Waals surface area (Å²) in [4.78, 5) is 13.9. The Bertz CT molecular complexity index is 468.